The molecule has 4 heterocycles. The Hall–Kier alpha value is -4.54. The number of fused-ring (bicyclic) bond motifs is 5. The number of allylic oxidation sites excluding steroid dienone is 1. The second kappa shape index (κ2) is 14.3. The number of aromatic nitrogens is 1. The topological polar surface area (TPSA) is 185 Å². The molecule has 0 bridgehead atoms. The number of halogens is 2. The van der Waals surface area contributed by atoms with Gasteiger partial charge in [0.15, 0.2) is 5.75 Å². The zero-order valence-corrected chi connectivity index (χ0v) is 33.8. The first-order valence-electron chi connectivity index (χ1n) is 20.4. The average Bonchev–Trinajstić information content (AvgIpc) is 3.95. The number of ether oxygens (including phenoxy) is 2. The number of nitrogens with one attached hydrogen (secondary N) is 2. The van der Waals surface area contributed by atoms with E-state index < -0.39 is 99.1 Å². The van der Waals surface area contributed by atoms with E-state index in [1.54, 1.807) is 25.1 Å². The third-order valence-electron chi connectivity index (χ3n) is 13.4. The van der Waals surface area contributed by atoms with Crippen molar-refractivity contribution >= 4 is 44.7 Å². The molecular formula is C41H51F2N5O9S. The van der Waals surface area contributed by atoms with Gasteiger partial charge in [0.25, 0.3) is 11.8 Å². The van der Waals surface area contributed by atoms with Gasteiger partial charge in [-0.25, -0.2) is 27.0 Å². The first kappa shape index (κ1) is 40.2. The smallest absolute Gasteiger partial charge is 0.408 e. The van der Waals surface area contributed by atoms with Crippen LogP contribution in [-0.2, 0) is 30.3 Å². The maximum atomic E-state index is 16.9. The summed E-state index contributed by atoms with van der Waals surface area (Å²) >= 11 is 0. The number of alkyl halides is 2. The molecule has 1 saturated heterocycles. The average molecular weight is 828 g/mol. The Balaban J connectivity index is 1.20. The summed E-state index contributed by atoms with van der Waals surface area (Å²) in [5, 5.41) is 13.5. The number of methoxy groups -OCH3 is 1. The highest BCUT2D eigenvalue weighted by Crippen LogP contribution is 2.55. The van der Waals surface area contributed by atoms with Gasteiger partial charge in [0.2, 0.25) is 21.8 Å². The normalized spacial score (nSPS) is 31.1. The minimum atomic E-state index is -4.10. The molecule has 3 saturated carbocycles. The van der Waals surface area contributed by atoms with Crippen molar-refractivity contribution in [3.05, 3.63) is 41.6 Å². The van der Waals surface area contributed by atoms with Crippen LogP contribution >= 0.6 is 0 Å². The quantitative estimate of drug-likeness (QED) is 0.317. The summed E-state index contributed by atoms with van der Waals surface area (Å²) in [7, 11) is -2.67. The van der Waals surface area contributed by atoms with Crippen LogP contribution in [0.25, 0.3) is 10.9 Å². The summed E-state index contributed by atoms with van der Waals surface area (Å²) in [6, 6.07) is 1.55. The van der Waals surface area contributed by atoms with E-state index in [0.717, 1.165) is 12.8 Å². The van der Waals surface area contributed by atoms with Gasteiger partial charge in [-0.3, -0.25) is 24.0 Å². The molecule has 1 spiro atoms. The van der Waals surface area contributed by atoms with Gasteiger partial charge in [-0.05, 0) is 83.4 Å². The molecule has 3 aliphatic carbocycles. The van der Waals surface area contributed by atoms with Crippen molar-refractivity contribution in [2.45, 2.75) is 144 Å². The van der Waals surface area contributed by atoms with E-state index >= 15 is 13.6 Å². The molecule has 14 nitrogen and oxygen atoms in total. The SMILES string of the molecule is COc1ccc2nc(C)c3c(c2c1)C(F)(F)C[C@]1(C[C@H]2C(=O)N[C@]4(C(=O)NS(=O)(=O)C5(C)CC5)C[C@H]4/C=C\CCCCC[C@H](N(C(=O)O)C4CCCC4)C(=O)N2C1)O3. The highest BCUT2D eigenvalue weighted by atomic mass is 32.2. The molecule has 4 amide bonds. The molecule has 6 aliphatic rings. The molecule has 8 rings (SSSR count). The van der Waals surface area contributed by atoms with Gasteiger partial charge in [-0.2, -0.15) is 0 Å². The van der Waals surface area contributed by atoms with Crippen molar-refractivity contribution in [2.24, 2.45) is 5.92 Å². The molecule has 1 aromatic heterocycles. The minimum Gasteiger partial charge on any atom is -0.497 e. The van der Waals surface area contributed by atoms with Crippen LogP contribution in [0, 0.1) is 12.8 Å². The van der Waals surface area contributed by atoms with E-state index in [2.05, 4.69) is 15.0 Å². The molecule has 0 unspecified atom stereocenters. The lowest BCUT2D eigenvalue weighted by molar-refractivity contribution is -0.144. The predicted octanol–water partition coefficient (Wildman–Crippen LogP) is 5.45. The Morgan fingerprint density at radius 1 is 1.09 bits per heavy atom. The van der Waals surface area contributed by atoms with Crippen molar-refractivity contribution in [1.29, 1.82) is 0 Å². The van der Waals surface area contributed by atoms with Crippen LogP contribution in [0.3, 0.4) is 0 Å². The first-order valence-corrected chi connectivity index (χ1v) is 21.8. The number of carbonyl (C=O) groups excluding carboxylic acids is 3. The number of carboxylic acid groups (broad SMARTS) is 1. The maximum Gasteiger partial charge on any atom is 0.408 e. The molecular weight excluding hydrogens is 777 g/mol. The fourth-order valence-electron chi connectivity index (χ4n) is 9.73. The Bertz CT molecular complexity index is 2190. The number of sulfonamides is 1. The zero-order valence-electron chi connectivity index (χ0n) is 33.0. The number of nitrogens with zero attached hydrogens (tertiary/aromatic N) is 3. The van der Waals surface area contributed by atoms with Crippen molar-refractivity contribution < 1.29 is 51.0 Å². The molecule has 2 aromatic rings. The van der Waals surface area contributed by atoms with Gasteiger partial charge in [0.1, 0.15) is 29.0 Å². The molecule has 17 heteroatoms. The number of rotatable bonds is 6. The fourth-order valence-corrected chi connectivity index (χ4v) is 11.0. The van der Waals surface area contributed by atoms with Gasteiger partial charge in [0, 0.05) is 23.8 Å². The van der Waals surface area contributed by atoms with Crippen molar-refractivity contribution in [2.75, 3.05) is 13.7 Å². The number of hydrogen-bond acceptors (Lipinski definition) is 9. The maximum absolute atomic E-state index is 16.9. The van der Waals surface area contributed by atoms with Crippen molar-refractivity contribution in [3.8, 4) is 11.5 Å². The van der Waals surface area contributed by atoms with Crippen molar-refractivity contribution in [3.63, 3.8) is 0 Å². The van der Waals surface area contributed by atoms with Gasteiger partial charge < -0.3 is 24.8 Å². The third-order valence-corrected chi connectivity index (χ3v) is 15.6. The molecule has 4 fully saturated rings. The third kappa shape index (κ3) is 6.93. The van der Waals surface area contributed by atoms with Crippen LogP contribution in [0.5, 0.6) is 11.5 Å². The Kier molecular flexibility index (Phi) is 9.94. The zero-order chi connectivity index (χ0) is 41.4. The molecule has 1 aromatic carbocycles. The highest BCUT2D eigenvalue weighted by molar-refractivity contribution is 7.91. The highest BCUT2D eigenvalue weighted by Gasteiger charge is 2.65. The summed E-state index contributed by atoms with van der Waals surface area (Å²) in [5.74, 6) is -6.41. The number of benzene rings is 1. The second-order valence-electron chi connectivity index (χ2n) is 17.5. The number of hydrogen-bond donors (Lipinski definition) is 3. The minimum absolute atomic E-state index is 0.0829. The van der Waals surface area contributed by atoms with Crippen LogP contribution in [0.4, 0.5) is 13.6 Å². The Morgan fingerprint density at radius 3 is 2.50 bits per heavy atom. The molecule has 3 aliphatic heterocycles. The summed E-state index contributed by atoms with van der Waals surface area (Å²) in [4.78, 5) is 63.7. The standard InChI is InChI=1S/C41H51F2N5O9S/c1-24-33-32(28-19-27(56-3)15-16-29(28)44-24)41(42,43)22-39(57-33)21-31-34(49)45-40(36(51)46-58(54,55)38(2)17-18-38)20-25(40)11-7-5-4-6-8-14-30(35(50)47(31)23-39)48(37(52)53)26-12-9-10-13-26/h7,11,15-16,19,25-26,30-31H,4-6,8-10,12-14,17-18,20-23H2,1-3H3,(H,45,49)(H,46,51)(H,52,53)/b11-7-/t25-,30+,31+,39+,40-/m1/s1. The van der Waals surface area contributed by atoms with Crippen LogP contribution in [0.2, 0.25) is 0 Å². The lowest BCUT2D eigenvalue weighted by atomic mass is 9.84. The summed E-state index contributed by atoms with van der Waals surface area (Å²) in [6.07, 6.45) is 7.22. The van der Waals surface area contributed by atoms with Gasteiger partial charge >= 0.3 is 6.09 Å². The monoisotopic (exact) mass is 827 g/mol. The number of carbonyl (C=O) groups is 4. The van der Waals surface area contributed by atoms with Gasteiger partial charge in [-0.15, -0.1) is 0 Å². The number of pyridine rings is 1. The molecule has 5 atom stereocenters. The second-order valence-corrected chi connectivity index (χ2v) is 19.7. The van der Waals surface area contributed by atoms with E-state index in [-0.39, 0.29) is 35.2 Å². The summed E-state index contributed by atoms with van der Waals surface area (Å²) < 4.78 is 73.3. The fraction of sp³-hybridized carbons (Fsp3) is 0.634. The molecule has 0 radical (unpaired) electrons. The Morgan fingerprint density at radius 2 is 1.81 bits per heavy atom. The summed E-state index contributed by atoms with van der Waals surface area (Å²) in [6.45, 7) is 2.61. The molecule has 58 heavy (non-hydrogen) atoms. The van der Waals surface area contributed by atoms with Crippen LogP contribution in [0.1, 0.15) is 108 Å². The lowest BCUT2D eigenvalue weighted by Gasteiger charge is -2.41. The van der Waals surface area contributed by atoms with Crippen LogP contribution < -0.4 is 19.5 Å². The predicted molar refractivity (Wildman–Crippen MR) is 207 cm³/mol. The molecule has 3 N–H and O–H groups in total. The molecule has 314 valence electrons. The van der Waals surface area contributed by atoms with Gasteiger partial charge in [-0.1, -0.05) is 37.8 Å². The van der Waals surface area contributed by atoms with Crippen LogP contribution in [0.15, 0.2) is 30.4 Å². The van der Waals surface area contributed by atoms with E-state index in [4.69, 9.17) is 9.47 Å². The van der Waals surface area contributed by atoms with E-state index in [9.17, 15) is 27.9 Å². The largest absolute Gasteiger partial charge is 0.497 e. The van der Waals surface area contributed by atoms with E-state index in [0.29, 0.717) is 62.6 Å². The van der Waals surface area contributed by atoms with Gasteiger partial charge in [0.05, 0.1) is 41.6 Å². The number of aryl methyl sites for hydroxylation is 1. The number of amides is 4. The van der Waals surface area contributed by atoms with Crippen LogP contribution in [-0.4, -0.2) is 99.8 Å². The van der Waals surface area contributed by atoms with E-state index in [1.165, 1.54) is 29.9 Å². The first-order chi connectivity index (χ1) is 27.4. The van der Waals surface area contributed by atoms with Crippen molar-refractivity contribution in [1.82, 2.24) is 24.8 Å². The van der Waals surface area contributed by atoms with E-state index in [1.807, 2.05) is 6.08 Å². The lowest BCUT2D eigenvalue weighted by Crippen LogP contribution is -2.59. The Labute approximate surface area is 336 Å². The summed E-state index contributed by atoms with van der Waals surface area (Å²) in [5.41, 5.74) is -3.41.